The van der Waals surface area contributed by atoms with Gasteiger partial charge in [0.05, 0.1) is 25.2 Å². The first-order valence-electron chi connectivity index (χ1n) is 14.9. The number of hydrogen-bond acceptors (Lipinski definition) is 7. The summed E-state index contributed by atoms with van der Waals surface area (Å²) >= 11 is 0. The molecule has 0 amide bonds. The van der Waals surface area contributed by atoms with Gasteiger partial charge in [-0.2, -0.15) is 0 Å². The van der Waals surface area contributed by atoms with Gasteiger partial charge in [0.25, 0.3) is 0 Å². The fraction of sp³-hybridized carbons (Fsp3) is 0.543. The van der Waals surface area contributed by atoms with Crippen LogP contribution in [-0.4, -0.2) is 37.4 Å². The van der Waals surface area contributed by atoms with Crippen LogP contribution in [0.2, 0.25) is 0 Å². The minimum Gasteiger partial charge on any atom is -0.462 e. The minimum absolute atomic E-state index is 0.0715. The quantitative estimate of drug-likeness (QED) is 0.128. The summed E-state index contributed by atoms with van der Waals surface area (Å²) in [6.45, 7) is 21.7. The van der Waals surface area contributed by atoms with E-state index in [0.29, 0.717) is 31.6 Å². The fourth-order valence-corrected chi connectivity index (χ4v) is 4.32. The van der Waals surface area contributed by atoms with E-state index in [1.54, 1.807) is 6.92 Å². The normalized spacial score (nSPS) is 15.4. The summed E-state index contributed by atoms with van der Waals surface area (Å²) in [5, 5.41) is 0. The van der Waals surface area contributed by atoms with Gasteiger partial charge in [-0.3, -0.25) is 10.5 Å². The van der Waals surface area contributed by atoms with E-state index in [1.165, 1.54) is 5.56 Å². The summed E-state index contributed by atoms with van der Waals surface area (Å²) in [7, 11) is 0. The van der Waals surface area contributed by atoms with Crippen LogP contribution >= 0.6 is 0 Å². The fourth-order valence-electron chi connectivity index (χ4n) is 4.32. The summed E-state index contributed by atoms with van der Waals surface area (Å²) in [5.41, 5.74) is 9.96. The highest BCUT2D eigenvalue weighted by molar-refractivity contribution is 5.87. The highest BCUT2D eigenvalue weighted by Crippen LogP contribution is 2.33. The lowest BCUT2D eigenvalue weighted by molar-refractivity contribution is -0.153. The maximum Gasteiger partial charge on any atom is 0.333 e. The van der Waals surface area contributed by atoms with E-state index in [0.717, 1.165) is 16.7 Å². The van der Waals surface area contributed by atoms with Crippen LogP contribution in [0.25, 0.3) is 0 Å². The Kier molecular flexibility index (Phi) is 13.0. The lowest BCUT2D eigenvalue weighted by Crippen LogP contribution is -2.37. The van der Waals surface area contributed by atoms with Gasteiger partial charge in [-0.1, -0.05) is 82.8 Å². The molecule has 0 aromatic heterocycles. The van der Waals surface area contributed by atoms with E-state index >= 15 is 0 Å². The lowest BCUT2D eigenvalue weighted by Gasteiger charge is -2.29. The van der Waals surface area contributed by atoms with Crippen LogP contribution in [0.15, 0.2) is 60.7 Å². The molecule has 0 bridgehead atoms. The Labute approximate surface area is 252 Å². The van der Waals surface area contributed by atoms with Gasteiger partial charge in [0, 0.05) is 23.8 Å². The number of ether oxygens (including phenoxy) is 4. The zero-order valence-electron chi connectivity index (χ0n) is 27.0. The van der Waals surface area contributed by atoms with Crippen LogP contribution in [0, 0.1) is 5.92 Å². The van der Waals surface area contributed by atoms with Gasteiger partial charge < -0.3 is 18.9 Å². The second-order valence-corrected chi connectivity index (χ2v) is 12.3. The average molecular weight is 582 g/mol. The third-order valence-electron chi connectivity index (χ3n) is 7.55. The molecule has 2 aromatic carbocycles. The molecule has 0 radical (unpaired) electrons. The first kappa shape index (κ1) is 35.2. The maximum absolute atomic E-state index is 11.8. The molecule has 2 aromatic rings. The van der Waals surface area contributed by atoms with Crippen molar-refractivity contribution in [1.82, 2.24) is 0 Å². The van der Waals surface area contributed by atoms with Gasteiger partial charge in [-0.25, -0.2) is 4.79 Å². The number of benzene rings is 2. The molecule has 0 aliphatic rings. The molecule has 4 unspecified atom stereocenters. The Morgan fingerprint density at radius 3 is 1.79 bits per heavy atom. The zero-order valence-corrected chi connectivity index (χ0v) is 27.0. The van der Waals surface area contributed by atoms with Gasteiger partial charge in [-0.15, -0.1) is 0 Å². The Morgan fingerprint density at radius 2 is 1.26 bits per heavy atom. The molecule has 0 fully saturated rings. The lowest BCUT2D eigenvalue weighted by atomic mass is 9.77. The van der Waals surface area contributed by atoms with Gasteiger partial charge >= 0.3 is 11.9 Å². The number of nitrogens with two attached hydrogens (primary N) is 1. The van der Waals surface area contributed by atoms with E-state index in [-0.39, 0.29) is 35.6 Å². The third kappa shape index (κ3) is 10.4. The van der Waals surface area contributed by atoms with Gasteiger partial charge in [0.15, 0.2) is 0 Å². The molecule has 2 rings (SSSR count). The van der Waals surface area contributed by atoms with Crippen molar-refractivity contribution in [3.8, 4) is 0 Å². The van der Waals surface area contributed by atoms with Crippen molar-refractivity contribution < 1.29 is 28.5 Å². The van der Waals surface area contributed by atoms with Crippen molar-refractivity contribution in [3.05, 3.63) is 82.9 Å². The minimum atomic E-state index is -0.980. The van der Waals surface area contributed by atoms with Gasteiger partial charge in [0.1, 0.15) is 17.9 Å². The molecule has 0 aliphatic carbocycles. The molecular formula is C35H51NO6. The van der Waals surface area contributed by atoms with Crippen LogP contribution in [0.3, 0.4) is 0 Å². The smallest absolute Gasteiger partial charge is 0.333 e. The van der Waals surface area contributed by atoms with Crippen LogP contribution in [0.4, 0.5) is 0 Å². The van der Waals surface area contributed by atoms with E-state index < -0.39 is 11.7 Å². The SMILES string of the molecule is C=C(C)C(=O)OC(C)CCOC(C)(N)c1ccc(C(C)(C)c2ccc(C(C)OCCC(C)OC(=O)C(C)C)cc2)cc1. The molecule has 0 saturated carbocycles. The highest BCUT2D eigenvalue weighted by atomic mass is 16.6. The monoisotopic (exact) mass is 581 g/mol. The third-order valence-corrected chi connectivity index (χ3v) is 7.55. The van der Waals surface area contributed by atoms with Crippen molar-refractivity contribution >= 4 is 11.9 Å². The van der Waals surface area contributed by atoms with Crippen molar-refractivity contribution in [1.29, 1.82) is 0 Å². The summed E-state index contributed by atoms with van der Waals surface area (Å²) in [6, 6.07) is 16.7. The molecule has 0 heterocycles. The first-order chi connectivity index (χ1) is 19.5. The second kappa shape index (κ2) is 15.5. The average Bonchev–Trinajstić information content (AvgIpc) is 2.92. The van der Waals surface area contributed by atoms with Crippen molar-refractivity contribution in [3.63, 3.8) is 0 Å². The standard InChI is InChI=1S/C35H51NO6/c1-23(2)32(37)41-25(5)19-21-39-27(7)28-11-13-29(14-12-28)34(8,9)30-15-17-31(18-16-30)35(10,36)40-22-20-26(6)42-33(38)24(3)4/h11-18,23,25-27H,3,19-22,36H2,1-2,4-10H3. The largest absolute Gasteiger partial charge is 0.462 e. The van der Waals surface area contributed by atoms with Gasteiger partial charge in [-0.05, 0) is 56.9 Å². The van der Waals surface area contributed by atoms with Crippen molar-refractivity contribution in [2.45, 2.75) is 105 Å². The molecular weight excluding hydrogens is 530 g/mol. The number of hydrogen-bond donors (Lipinski definition) is 1. The molecule has 7 heteroatoms. The molecule has 42 heavy (non-hydrogen) atoms. The van der Waals surface area contributed by atoms with E-state index in [2.05, 4.69) is 56.8 Å². The Hall–Kier alpha value is -3.00. The number of esters is 2. The molecule has 2 N–H and O–H groups in total. The molecule has 232 valence electrons. The summed E-state index contributed by atoms with van der Waals surface area (Å²) < 4.78 is 22.7. The maximum atomic E-state index is 11.8. The van der Waals surface area contributed by atoms with Crippen LogP contribution < -0.4 is 5.73 Å². The Balaban J connectivity index is 1.94. The molecule has 0 aliphatic heterocycles. The molecule has 4 atom stereocenters. The topological polar surface area (TPSA) is 97.1 Å². The van der Waals surface area contributed by atoms with Crippen LogP contribution in [0.1, 0.15) is 104 Å². The van der Waals surface area contributed by atoms with E-state index in [1.807, 2.05) is 53.7 Å². The van der Waals surface area contributed by atoms with Crippen molar-refractivity contribution in [2.75, 3.05) is 13.2 Å². The summed E-state index contributed by atoms with van der Waals surface area (Å²) in [5.74, 6) is -0.713. The zero-order chi connectivity index (χ0) is 31.7. The van der Waals surface area contributed by atoms with Crippen LogP contribution in [0.5, 0.6) is 0 Å². The number of rotatable bonds is 16. The predicted octanol–water partition coefficient (Wildman–Crippen LogP) is 7.11. The molecule has 7 nitrogen and oxygen atoms in total. The van der Waals surface area contributed by atoms with Gasteiger partial charge in [0.2, 0.25) is 0 Å². The molecule has 0 saturated heterocycles. The second-order valence-electron chi connectivity index (χ2n) is 12.3. The number of carbonyl (C=O) groups is 2. The molecule has 0 spiro atoms. The number of carbonyl (C=O) groups excluding carboxylic acids is 2. The van der Waals surface area contributed by atoms with E-state index in [4.69, 9.17) is 24.7 Å². The summed E-state index contributed by atoms with van der Waals surface area (Å²) in [4.78, 5) is 23.5. The predicted molar refractivity (Wildman–Crippen MR) is 167 cm³/mol. The highest BCUT2D eigenvalue weighted by Gasteiger charge is 2.27. The van der Waals surface area contributed by atoms with E-state index in [9.17, 15) is 9.59 Å². The Bertz CT molecular complexity index is 1170. The van der Waals surface area contributed by atoms with Crippen LogP contribution in [-0.2, 0) is 39.7 Å². The first-order valence-corrected chi connectivity index (χ1v) is 14.9. The van der Waals surface area contributed by atoms with Crippen molar-refractivity contribution in [2.24, 2.45) is 11.7 Å². The Morgan fingerprint density at radius 1 is 0.786 bits per heavy atom. The summed E-state index contributed by atoms with van der Waals surface area (Å²) in [6.07, 6.45) is 0.647.